The van der Waals surface area contributed by atoms with Gasteiger partial charge < -0.3 is 25.3 Å². The summed E-state index contributed by atoms with van der Waals surface area (Å²) in [6, 6.07) is 11.7. The molecule has 2 unspecified atom stereocenters. The van der Waals surface area contributed by atoms with Crippen LogP contribution in [0.4, 0.5) is 0 Å². The van der Waals surface area contributed by atoms with Crippen LogP contribution < -0.4 is 16.2 Å². The van der Waals surface area contributed by atoms with Gasteiger partial charge in [0.15, 0.2) is 5.54 Å². The monoisotopic (exact) mass is 528 g/mol. The molecular formula is C26H26Cl2N4O4. The van der Waals surface area contributed by atoms with Gasteiger partial charge in [-0.05, 0) is 43.2 Å². The highest BCUT2D eigenvalue weighted by atomic mass is 35.5. The number of aryl methyl sites for hydroxylation is 1. The standard InChI is InChI=1S/C26H26Cl2N4O4/c1-15-2-5-22-18(10-15)19(12-23(33)31-22)24(34)32-8-7-29-14-26(32,16-3-4-20(27)21(28)11-16)25(35)30-13-17-6-9-36-17/h2-5,10-12,17,29H,6-9,13-14H2,1H3,(H,30,35)(H,31,33). The summed E-state index contributed by atoms with van der Waals surface area (Å²) in [5.74, 6) is -0.776. The predicted molar refractivity (Wildman–Crippen MR) is 139 cm³/mol. The van der Waals surface area contributed by atoms with Crippen LogP contribution in [0.15, 0.2) is 47.3 Å². The number of aromatic amines is 1. The van der Waals surface area contributed by atoms with E-state index in [0.717, 1.165) is 12.0 Å². The first kappa shape index (κ1) is 24.8. The molecule has 2 fully saturated rings. The van der Waals surface area contributed by atoms with Crippen LogP contribution in [-0.2, 0) is 15.1 Å². The van der Waals surface area contributed by atoms with E-state index in [1.54, 1.807) is 24.3 Å². The minimum Gasteiger partial charge on any atom is -0.376 e. The lowest BCUT2D eigenvalue weighted by atomic mass is 9.84. The molecular weight excluding hydrogens is 503 g/mol. The number of aromatic nitrogens is 1. The fourth-order valence-corrected chi connectivity index (χ4v) is 5.15. The second kappa shape index (κ2) is 9.86. The highest BCUT2D eigenvalue weighted by Gasteiger charge is 2.50. The van der Waals surface area contributed by atoms with E-state index in [2.05, 4.69) is 15.6 Å². The van der Waals surface area contributed by atoms with Crippen LogP contribution in [0.3, 0.4) is 0 Å². The van der Waals surface area contributed by atoms with E-state index >= 15 is 0 Å². The number of nitrogens with zero attached hydrogens (tertiary/aromatic N) is 1. The molecule has 2 aliphatic rings. The van der Waals surface area contributed by atoms with Crippen molar-refractivity contribution in [2.75, 3.05) is 32.8 Å². The lowest BCUT2D eigenvalue weighted by Crippen LogP contribution is -2.67. The zero-order valence-electron chi connectivity index (χ0n) is 19.7. The molecule has 3 aromatic rings. The second-order valence-electron chi connectivity index (χ2n) is 9.21. The fourth-order valence-electron chi connectivity index (χ4n) is 4.85. The lowest BCUT2D eigenvalue weighted by Gasteiger charge is -2.47. The summed E-state index contributed by atoms with van der Waals surface area (Å²) in [5.41, 5.74) is 0.438. The molecule has 2 atom stereocenters. The zero-order valence-corrected chi connectivity index (χ0v) is 21.2. The molecule has 188 valence electrons. The largest absolute Gasteiger partial charge is 0.376 e. The summed E-state index contributed by atoms with van der Waals surface area (Å²) >= 11 is 12.5. The zero-order chi connectivity index (χ0) is 25.4. The predicted octanol–water partition coefficient (Wildman–Crippen LogP) is 2.99. The number of pyridine rings is 1. The van der Waals surface area contributed by atoms with Crippen LogP contribution in [0.25, 0.3) is 10.9 Å². The maximum atomic E-state index is 14.2. The maximum absolute atomic E-state index is 14.2. The molecule has 2 aliphatic heterocycles. The van der Waals surface area contributed by atoms with Crippen LogP contribution in [0.5, 0.6) is 0 Å². The van der Waals surface area contributed by atoms with Gasteiger partial charge in [0, 0.05) is 49.8 Å². The molecule has 3 heterocycles. The number of carbonyl (C=O) groups is 2. The Morgan fingerprint density at radius 2 is 1.97 bits per heavy atom. The third-order valence-corrected chi connectivity index (χ3v) is 7.62. The topological polar surface area (TPSA) is 104 Å². The van der Waals surface area contributed by atoms with Crippen molar-refractivity contribution in [3.63, 3.8) is 0 Å². The quantitative estimate of drug-likeness (QED) is 0.472. The minimum atomic E-state index is -1.42. The van der Waals surface area contributed by atoms with Gasteiger partial charge in [-0.2, -0.15) is 0 Å². The number of piperazine rings is 1. The van der Waals surface area contributed by atoms with Gasteiger partial charge in [0.2, 0.25) is 5.56 Å². The molecule has 0 bridgehead atoms. The van der Waals surface area contributed by atoms with E-state index in [-0.39, 0.29) is 35.7 Å². The molecule has 0 radical (unpaired) electrons. The second-order valence-corrected chi connectivity index (χ2v) is 10.0. The number of rotatable bonds is 5. The number of H-pyrrole nitrogens is 1. The first-order valence-electron chi connectivity index (χ1n) is 11.8. The molecule has 36 heavy (non-hydrogen) atoms. The Kier molecular flexibility index (Phi) is 6.78. The van der Waals surface area contributed by atoms with E-state index in [1.165, 1.54) is 11.0 Å². The Balaban J connectivity index is 1.64. The summed E-state index contributed by atoms with van der Waals surface area (Å²) in [6.07, 6.45) is 0.805. The van der Waals surface area contributed by atoms with Crippen LogP contribution in [0.1, 0.15) is 27.9 Å². The average Bonchev–Trinajstić information content (AvgIpc) is 2.84. The van der Waals surface area contributed by atoms with E-state index in [9.17, 15) is 14.4 Å². The van der Waals surface area contributed by atoms with Gasteiger partial charge in [-0.15, -0.1) is 0 Å². The summed E-state index contributed by atoms with van der Waals surface area (Å²) in [4.78, 5) is 45.0. The molecule has 2 saturated heterocycles. The number of hydrogen-bond donors (Lipinski definition) is 3. The molecule has 2 amide bonds. The van der Waals surface area contributed by atoms with Crippen molar-refractivity contribution in [1.82, 2.24) is 20.5 Å². The van der Waals surface area contributed by atoms with Gasteiger partial charge in [0.1, 0.15) is 0 Å². The number of nitrogens with one attached hydrogen (secondary N) is 3. The van der Waals surface area contributed by atoms with E-state index in [4.69, 9.17) is 27.9 Å². The van der Waals surface area contributed by atoms with Crippen molar-refractivity contribution in [1.29, 1.82) is 0 Å². The van der Waals surface area contributed by atoms with Crippen molar-refractivity contribution >= 4 is 45.9 Å². The molecule has 5 rings (SSSR count). The first-order valence-corrected chi connectivity index (χ1v) is 12.6. The number of hydrogen-bond acceptors (Lipinski definition) is 5. The first-order chi connectivity index (χ1) is 17.3. The van der Waals surface area contributed by atoms with Crippen molar-refractivity contribution in [3.05, 3.63) is 79.6 Å². The van der Waals surface area contributed by atoms with Crippen molar-refractivity contribution in [2.24, 2.45) is 0 Å². The minimum absolute atomic E-state index is 0.0555. The highest BCUT2D eigenvalue weighted by molar-refractivity contribution is 6.42. The Labute approximate surface area is 217 Å². The molecule has 0 spiro atoms. The van der Waals surface area contributed by atoms with E-state index in [0.29, 0.717) is 41.2 Å². The molecule has 0 aliphatic carbocycles. The van der Waals surface area contributed by atoms with Gasteiger partial charge in [-0.3, -0.25) is 14.4 Å². The summed E-state index contributed by atoms with van der Waals surface area (Å²) in [5, 5.41) is 7.48. The van der Waals surface area contributed by atoms with E-state index < -0.39 is 17.0 Å². The number of amides is 2. The Bertz CT molecular complexity index is 1400. The van der Waals surface area contributed by atoms with Crippen molar-refractivity contribution in [2.45, 2.75) is 25.0 Å². The third kappa shape index (κ3) is 4.39. The van der Waals surface area contributed by atoms with Gasteiger partial charge in [0.05, 0.1) is 21.7 Å². The Hall–Kier alpha value is -2.91. The summed E-state index contributed by atoms with van der Waals surface area (Å²) < 4.78 is 5.47. The van der Waals surface area contributed by atoms with E-state index in [1.807, 2.05) is 19.1 Å². The van der Waals surface area contributed by atoms with Crippen LogP contribution in [0.2, 0.25) is 10.0 Å². The Morgan fingerprint density at radius 3 is 2.69 bits per heavy atom. The van der Waals surface area contributed by atoms with Crippen LogP contribution >= 0.6 is 23.2 Å². The lowest BCUT2D eigenvalue weighted by molar-refractivity contribution is -0.135. The van der Waals surface area contributed by atoms with Crippen LogP contribution in [-0.4, -0.2) is 60.6 Å². The average molecular weight is 529 g/mol. The molecule has 0 saturated carbocycles. The normalized spacial score (nSPS) is 21.8. The molecule has 10 heteroatoms. The third-order valence-electron chi connectivity index (χ3n) is 6.88. The maximum Gasteiger partial charge on any atom is 0.255 e. The number of benzene rings is 2. The highest BCUT2D eigenvalue weighted by Crippen LogP contribution is 2.36. The number of ether oxygens (including phenoxy) is 1. The molecule has 8 nitrogen and oxygen atoms in total. The smallest absolute Gasteiger partial charge is 0.255 e. The van der Waals surface area contributed by atoms with Gasteiger partial charge in [0.25, 0.3) is 11.8 Å². The van der Waals surface area contributed by atoms with Gasteiger partial charge in [-0.1, -0.05) is 40.9 Å². The Morgan fingerprint density at radius 1 is 1.17 bits per heavy atom. The summed E-state index contributed by atoms with van der Waals surface area (Å²) in [6.45, 7) is 3.80. The van der Waals surface area contributed by atoms with Crippen molar-refractivity contribution < 1.29 is 14.3 Å². The van der Waals surface area contributed by atoms with Crippen LogP contribution in [0, 0.1) is 6.92 Å². The van der Waals surface area contributed by atoms with Crippen molar-refractivity contribution in [3.8, 4) is 0 Å². The fraction of sp³-hybridized carbons (Fsp3) is 0.346. The van der Waals surface area contributed by atoms with Gasteiger partial charge in [-0.25, -0.2) is 0 Å². The van der Waals surface area contributed by atoms with Gasteiger partial charge >= 0.3 is 0 Å². The number of halogens is 2. The molecule has 1 aromatic heterocycles. The SMILES string of the molecule is Cc1ccc2[nH]c(=O)cc(C(=O)N3CCNCC3(C(=O)NCC3CCO3)c3ccc(Cl)c(Cl)c3)c2c1. The number of carbonyl (C=O) groups excluding carboxylic acids is 2. The number of fused-ring (bicyclic) bond motifs is 1. The molecule has 2 aromatic carbocycles. The summed E-state index contributed by atoms with van der Waals surface area (Å²) in [7, 11) is 0. The molecule has 3 N–H and O–H groups in total.